The van der Waals surface area contributed by atoms with Crippen LogP contribution >= 0.6 is 0 Å². The zero-order chi connectivity index (χ0) is 14.4. The molecule has 0 fully saturated rings. The van der Waals surface area contributed by atoms with Crippen LogP contribution in [0.15, 0.2) is 47.8 Å². The van der Waals surface area contributed by atoms with Gasteiger partial charge in [0, 0.05) is 18.9 Å². The molecule has 0 radical (unpaired) electrons. The van der Waals surface area contributed by atoms with E-state index in [0.29, 0.717) is 6.54 Å². The molecular weight excluding hydrogens is 276 g/mol. The first kappa shape index (κ1) is 14.4. The van der Waals surface area contributed by atoms with Gasteiger partial charge in [0.1, 0.15) is 5.82 Å². The lowest BCUT2D eigenvalue weighted by atomic mass is 10.3. The number of anilines is 1. The van der Waals surface area contributed by atoms with Crippen molar-refractivity contribution >= 4 is 15.8 Å². The number of pyridine rings is 2. The normalized spacial score (nSPS) is 11.2. The van der Waals surface area contributed by atoms with Crippen LogP contribution in [-0.4, -0.2) is 24.9 Å². The average Bonchev–Trinajstić information content (AvgIpc) is 2.46. The molecule has 0 unspecified atom stereocenters. The average molecular weight is 292 g/mol. The smallest absolute Gasteiger partial charge is 0.280 e. The third-order valence-electron chi connectivity index (χ3n) is 2.56. The zero-order valence-corrected chi connectivity index (χ0v) is 11.9. The van der Waals surface area contributed by atoms with Crippen molar-refractivity contribution in [2.45, 2.75) is 18.5 Å². The fraction of sp³-hybridized carbons (Fsp3) is 0.231. The van der Waals surface area contributed by atoms with E-state index in [1.165, 1.54) is 12.3 Å². The van der Waals surface area contributed by atoms with E-state index in [9.17, 15) is 8.42 Å². The SMILES string of the molecule is CCNCc1ccc(S(=O)(=O)Nc2ccccn2)nc1. The molecule has 0 spiro atoms. The molecule has 0 atom stereocenters. The molecule has 6 nitrogen and oxygen atoms in total. The molecule has 2 heterocycles. The van der Waals surface area contributed by atoms with E-state index in [2.05, 4.69) is 20.0 Å². The number of rotatable bonds is 6. The number of hydrogen-bond donors (Lipinski definition) is 2. The first-order chi connectivity index (χ1) is 9.62. The van der Waals surface area contributed by atoms with Crippen molar-refractivity contribution in [2.24, 2.45) is 0 Å². The van der Waals surface area contributed by atoms with Crippen LogP contribution in [0.2, 0.25) is 0 Å². The summed E-state index contributed by atoms with van der Waals surface area (Å²) >= 11 is 0. The second-order valence-electron chi connectivity index (χ2n) is 4.11. The van der Waals surface area contributed by atoms with Crippen LogP contribution in [0.3, 0.4) is 0 Å². The Balaban J connectivity index is 2.13. The van der Waals surface area contributed by atoms with Gasteiger partial charge < -0.3 is 5.32 Å². The van der Waals surface area contributed by atoms with Gasteiger partial charge >= 0.3 is 0 Å². The van der Waals surface area contributed by atoms with E-state index in [1.807, 2.05) is 6.92 Å². The van der Waals surface area contributed by atoms with E-state index >= 15 is 0 Å². The molecule has 7 heteroatoms. The Kier molecular flexibility index (Phi) is 4.65. The van der Waals surface area contributed by atoms with Crippen molar-refractivity contribution in [3.8, 4) is 0 Å². The summed E-state index contributed by atoms with van der Waals surface area (Å²) < 4.78 is 26.6. The lowest BCUT2D eigenvalue weighted by molar-refractivity contribution is 0.597. The van der Waals surface area contributed by atoms with Crippen LogP contribution in [0, 0.1) is 0 Å². The van der Waals surface area contributed by atoms with Gasteiger partial charge in [-0.2, -0.15) is 8.42 Å². The summed E-state index contributed by atoms with van der Waals surface area (Å²) in [7, 11) is -3.69. The highest BCUT2D eigenvalue weighted by atomic mass is 32.2. The molecule has 0 aliphatic heterocycles. The van der Waals surface area contributed by atoms with E-state index in [-0.39, 0.29) is 10.8 Å². The standard InChI is InChI=1S/C13H16N4O2S/c1-2-14-9-11-6-7-13(16-10-11)20(18,19)17-12-5-3-4-8-15-12/h3-8,10,14H,2,9H2,1H3,(H,15,17). The molecule has 0 aliphatic rings. The van der Waals surface area contributed by atoms with Crippen molar-refractivity contribution in [2.75, 3.05) is 11.3 Å². The highest BCUT2D eigenvalue weighted by Crippen LogP contribution is 2.12. The first-order valence-electron chi connectivity index (χ1n) is 6.21. The number of sulfonamides is 1. The van der Waals surface area contributed by atoms with E-state index in [4.69, 9.17) is 0 Å². The van der Waals surface area contributed by atoms with Gasteiger partial charge in [-0.3, -0.25) is 4.72 Å². The van der Waals surface area contributed by atoms with Crippen molar-refractivity contribution in [3.05, 3.63) is 48.3 Å². The molecule has 0 saturated carbocycles. The molecule has 106 valence electrons. The van der Waals surface area contributed by atoms with Crippen molar-refractivity contribution in [1.82, 2.24) is 15.3 Å². The molecular formula is C13H16N4O2S. The minimum absolute atomic E-state index is 0.0246. The van der Waals surface area contributed by atoms with Crippen LogP contribution < -0.4 is 10.0 Å². The molecule has 0 bridgehead atoms. The molecule has 2 rings (SSSR count). The fourth-order valence-electron chi connectivity index (χ4n) is 1.56. The third kappa shape index (κ3) is 3.75. The molecule has 0 saturated heterocycles. The van der Waals surface area contributed by atoms with Crippen LogP contribution in [-0.2, 0) is 16.6 Å². The summed E-state index contributed by atoms with van der Waals surface area (Å²) in [5, 5.41) is 3.12. The van der Waals surface area contributed by atoms with Gasteiger partial charge in [-0.1, -0.05) is 19.1 Å². The van der Waals surface area contributed by atoms with Gasteiger partial charge in [0.15, 0.2) is 5.03 Å². The lowest BCUT2D eigenvalue weighted by Crippen LogP contribution is -2.16. The Morgan fingerprint density at radius 3 is 2.60 bits per heavy atom. The maximum Gasteiger partial charge on any atom is 0.280 e. The molecule has 2 aromatic heterocycles. The largest absolute Gasteiger partial charge is 0.313 e. The molecule has 0 aromatic carbocycles. The van der Waals surface area contributed by atoms with Gasteiger partial charge in [0.25, 0.3) is 10.0 Å². The topological polar surface area (TPSA) is 84.0 Å². The highest BCUT2D eigenvalue weighted by Gasteiger charge is 2.15. The van der Waals surface area contributed by atoms with Crippen LogP contribution in [0.4, 0.5) is 5.82 Å². The molecule has 0 amide bonds. The quantitative estimate of drug-likeness (QED) is 0.840. The van der Waals surface area contributed by atoms with E-state index in [0.717, 1.165) is 12.1 Å². The van der Waals surface area contributed by atoms with Crippen molar-refractivity contribution in [3.63, 3.8) is 0 Å². The summed E-state index contributed by atoms with van der Waals surface area (Å²) in [6.45, 7) is 3.52. The predicted octanol–water partition coefficient (Wildman–Crippen LogP) is 1.39. The number of nitrogens with zero attached hydrogens (tertiary/aromatic N) is 2. The zero-order valence-electron chi connectivity index (χ0n) is 11.1. The van der Waals surface area contributed by atoms with E-state index in [1.54, 1.807) is 30.5 Å². The maximum absolute atomic E-state index is 12.1. The monoisotopic (exact) mass is 292 g/mol. The highest BCUT2D eigenvalue weighted by molar-refractivity contribution is 7.92. The van der Waals surface area contributed by atoms with Gasteiger partial charge in [0.2, 0.25) is 0 Å². The third-order valence-corrected chi connectivity index (χ3v) is 3.83. The van der Waals surface area contributed by atoms with Crippen LogP contribution in [0.1, 0.15) is 12.5 Å². The Morgan fingerprint density at radius 1 is 1.15 bits per heavy atom. The van der Waals surface area contributed by atoms with Gasteiger partial charge in [-0.15, -0.1) is 0 Å². The summed E-state index contributed by atoms with van der Waals surface area (Å²) in [4.78, 5) is 7.90. The fourth-order valence-corrected chi connectivity index (χ4v) is 2.50. The molecule has 20 heavy (non-hydrogen) atoms. The van der Waals surface area contributed by atoms with Crippen molar-refractivity contribution in [1.29, 1.82) is 0 Å². The van der Waals surface area contributed by atoms with Gasteiger partial charge in [0.05, 0.1) is 0 Å². The Hall–Kier alpha value is -1.99. The summed E-state index contributed by atoms with van der Waals surface area (Å²) in [5.41, 5.74) is 0.934. The number of aromatic nitrogens is 2. The Morgan fingerprint density at radius 2 is 2.00 bits per heavy atom. The second-order valence-corrected chi connectivity index (χ2v) is 5.73. The maximum atomic E-state index is 12.1. The van der Waals surface area contributed by atoms with Gasteiger partial charge in [-0.25, -0.2) is 9.97 Å². The first-order valence-corrected chi connectivity index (χ1v) is 7.69. The van der Waals surface area contributed by atoms with Crippen molar-refractivity contribution < 1.29 is 8.42 Å². The Bertz CT molecular complexity index is 642. The van der Waals surface area contributed by atoms with E-state index < -0.39 is 10.0 Å². The summed E-state index contributed by atoms with van der Waals surface area (Å²) in [5.74, 6) is 0.269. The molecule has 0 aliphatic carbocycles. The summed E-state index contributed by atoms with van der Waals surface area (Å²) in [6, 6.07) is 8.22. The number of nitrogens with one attached hydrogen (secondary N) is 2. The lowest BCUT2D eigenvalue weighted by Gasteiger charge is -2.07. The minimum atomic E-state index is -3.69. The molecule has 2 N–H and O–H groups in total. The Labute approximate surface area is 118 Å². The van der Waals surface area contributed by atoms with Gasteiger partial charge in [-0.05, 0) is 30.3 Å². The second kappa shape index (κ2) is 6.44. The molecule has 2 aromatic rings. The van der Waals surface area contributed by atoms with Crippen LogP contribution in [0.5, 0.6) is 0 Å². The van der Waals surface area contributed by atoms with Crippen LogP contribution in [0.25, 0.3) is 0 Å². The predicted molar refractivity (Wildman–Crippen MR) is 76.7 cm³/mol. The summed E-state index contributed by atoms with van der Waals surface area (Å²) in [6.07, 6.45) is 3.07. The number of hydrogen-bond acceptors (Lipinski definition) is 5. The minimum Gasteiger partial charge on any atom is -0.313 e.